The normalized spacial score (nSPS) is 18.6. The number of ether oxygens (including phenoxy) is 3. The summed E-state index contributed by atoms with van der Waals surface area (Å²) in [4.78, 5) is 25.7. The first-order valence-corrected chi connectivity index (χ1v) is 8.65. The van der Waals surface area contributed by atoms with E-state index < -0.39 is 18.2 Å². The molecule has 1 aliphatic rings. The van der Waals surface area contributed by atoms with Gasteiger partial charge in [0.2, 0.25) is 6.10 Å². The standard InChI is InChI=1S/C18H19NO5S/c1-9-11(3)25-17(14(9)18(21)22-4)19-16(20)15-10(2)23-12-7-5-6-8-13(12)24-15/h5-8,10,15H,1-4H3,(H,19,20). The van der Waals surface area contributed by atoms with Gasteiger partial charge in [0, 0.05) is 4.88 Å². The van der Waals surface area contributed by atoms with Crippen molar-refractivity contribution in [2.45, 2.75) is 33.0 Å². The molecule has 0 radical (unpaired) electrons. The first-order chi connectivity index (χ1) is 11.9. The Balaban J connectivity index is 1.84. The van der Waals surface area contributed by atoms with E-state index >= 15 is 0 Å². The third kappa shape index (κ3) is 3.19. The second kappa shape index (κ2) is 6.76. The number of anilines is 1. The molecule has 0 bridgehead atoms. The van der Waals surface area contributed by atoms with Crippen LogP contribution in [0, 0.1) is 13.8 Å². The molecular weight excluding hydrogens is 342 g/mol. The number of rotatable bonds is 3. The highest BCUT2D eigenvalue weighted by molar-refractivity contribution is 7.16. The molecule has 25 heavy (non-hydrogen) atoms. The zero-order valence-corrected chi connectivity index (χ0v) is 15.2. The third-order valence-electron chi connectivity index (χ3n) is 4.11. The first-order valence-electron chi connectivity index (χ1n) is 7.84. The minimum atomic E-state index is -0.817. The molecule has 1 aromatic heterocycles. The lowest BCUT2D eigenvalue weighted by atomic mass is 10.1. The fourth-order valence-corrected chi connectivity index (χ4v) is 3.70. The zero-order valence-electron chi connectivity index (χ0n) is 14.4. The molecule has 0 saturated heterocycles. The topological polar surface area (TPSA) is 73.9 Å². The Bertz CT molecular complexity index is 829. The number of carbonyl (C=O) groups excluding carboxylic acids is 2. The van der Waals surface area contributed by atoms with Crippen LogP contribution in [0.3, 0.4) is 0 Å². The van der Waals surface area contributed by atoms with Gasteiger partial charge >= 0.3 is 5.97 Å². The molecule has 2 atom stereocenters. The average molecular weight is 361 g/mol. The first kappa shape index (κ1) is 17.3. The van der Waals surface area contributed by atoms with Gasteiger partial charge in [-0.3, -0.25) is 4.79 Å². The van der Waals surface area contributed by atoms with Crippen molar-refractivity contribution in [1.82, 2.24) is 0 Å². The number of fused-ring (bicyclic) bond motifs is 1. The van der Waals surface area contributed by atoms with E-state index in [0.29, 0.717) is 22.1 Å². The maximum Gasteiger partial charge on any atom is 0.341 e. The van der Waals surface area contributed by atoms with Gasteiger partial charge in [-0.25, -0.2) is 4.79 Å². The van der Waals surface area contributed by atoms with Crippen molar-refractivity contribution in [3.63, 3.8) is 0 Å². The summed E-state index contributed by atoms with van der Waals surface area (Å²) < 4.78 is 16.4. The summed E-state index contributed by atoms with van der Waals surface area (Å²) >= 11 is 1.33. The summed E-state index contributed by atoms with van der Waals surface area (Å²) in [5.74, 6) is 0.286. The minimum Gasteiger partial charge on any atom is -0.482 e. The molecule has 1 aromatic carbocycles. The van der Waals surface area contributed by atoms with E-state index in [2.05, 4.69) is 5.32 Å². The minimum absolute atomic E-state index is 0.367. The van der Waals surface area contributed by atoms with Crippen molar-refractivity contribution in [2.24, 2.45) is 0 Å². The lowest BCUT2D eigenvalue weighted by Crippen LogP contribution is -2.46. The van der Waals surface area contributed by atoms with Crippen LogP contribution < -0.4 is 14.8 Å². The molecule has 2 unspecified atom stereocenters. The molecule has 2 aromatic rings. The van der Waals surface area contributed by atoms with Crippen LogP contribution in [0.2, 0.25) is 0 Å². The quantitative estimate of drug-likeness (QED) is 0.849. The van der Waals surface area contributed by atoms with Crippen molar-refractivity contribution in [2.75, 3.05) is 12.4 Å². The van der Waals surface area contributed by atoms with Gasteiger partial charge in [0.05, 0.1) is 12.7 Å². The number of nitrogens with one attached hydrogen (secondary N) is 1. The summed E-state index contributed by atoms with van der Waals surface area (Å²) in [5.41, 5.74) is 1.18. The Hall–Kier alpha value is -2.54. The van der Waals surface area contributed by atoms with E-state index in [1.54, 1.807) is 19.1 Å². The number of esters is 1. The molecule has 6 nitrogen and oxygen atoms in total. The molecule has 1 aliphatic heterocycles. The highest BCUT2D eigenvalue weighted by Gasteiger charge is 2.35. The van der Waals surface area contributed by atoms with E-state index in [1.807, 2.05) is 26.0 Å². The highest BCUT2D eigenvalue weighted by atomic mass is 32.1. The van der Waals surface area contributed by atoms with Gasteiger partial charge in [-0.2, -0.15) is 0 Å². The van der Waals surface area contributed by atoms with Gasteiger partial charge in [-0.05, 0) is 38.5 Å². The van der Waals surface area contributed by atoms with Crippen LogP contribution in [-0.4, -0.2) is 31.2 Å². The Morgan fingerprint density at radius 1 is 1.16 bits per heavy atom. The van der Waals surface area contributed by atoms with Gasteiger partial charge in [0.25, 0.3) is 5.91 Å². The number of hydrogen-bond acceptors (Lipinski definition) is 6. The highest BCUT2D eigenvalue weighted by Crippen LogP contribution is 2.36. The molecule has 2 heterocycles. The predicted octanol–water partition coefficient (Wildman–Crippen LogP) is 3.32. The SMILES string of the molecule is COC(=O)c1c(NC(=O)C2Oc3ccccc3OC2C)sc(C)c1C. The van der Waals surface area contributed by atoms with Crippen molar-refractivity contribution < 1.29 is 23.8 Å². The van der Waals surface area contributed by atoms with Gasteiger partial charge in [0.15, 0.2) is 11.5 Å². The smallest absolute Gasteiger partial charge is 0.341 e. The van der Waals surface area contributed by atoms with Crippen molar-refractivity contribution >= 4 is 28.2 Å². The molecule has 7 heteroatoms. The van der Waals surface area contributed by atoms with E-state index in [-0.39, 0.29) is 5.91 Å². The Labute approximate surface area is 149 Å². The van der Waals surface area contributed by atoms with Crippen molar-refractivity contribution in [1.29, 1.82) is 0 Å². The summed E-state index contributed by atoms with van der Waals surface area (Å²) in [6.07, 6.45) is -1.28. The van der Waals surface area contributed by atoms with E-state index in [4.69, 9.17) is 14.2 Å². The van der Waals surface area contributed by atoms with Crippen molar-refractivity contribution in [3.05, 3.63) is 40.3 Å². The number of carbonyl (C=O) groups is 2. The molecule has 0 saturated carbocycles. The van der Waals surface area contributed by atoms with Crippen LogP contribution in [0.5, 0.6) is 11.5 Å². The number of amides is 1. The zero-order chi connectivity index (χ0) is 18.1. The molecule has 3 rings (SSSR count). The number of aryl methyl sites for hydroxylation is 1. The fraction of sp³-hybridized carbons (Fsp3) is 0.333. The average Bonchev–Trinajstić information content (AvgIpc) is 2.87. The Morgan fingerprint density at radius 3 is 2.44 bits per heavy atom. The van der Waals surface area contributed by atoms with Crippen LogP contribution in [-0.2, 0) is 9.53 Å². The number of benzene rings is 1. The summed E-state index contributed by atoms with van der Waals surface area (Å²) in [7, 11) is 1.32. The predicted molar refractivity (Wildman–Crippen MR) is 94.7 cm³/mol. The van der Waals surface area contributed by atoms with Gasteiger partial charge in [-0.15, -0.1) is 11.3 Å². The number of para-hydroxylation sites is 2. The summed E-state index contributed by atoms with van der Waals surface area (Å²) in [5, 5.41) is 3.25. The molecule has 0 aliphatic carbocycles. The lowest BCUT2D eigenvalue weighted by molar-refractivity contribution is -0.127. The number of methoxy groups -OCH3 is 1. The summed E-state index contributed by atoms with van der Waals surface area (Å²) in [6.45, 7) is 5.49. The van der Waals surface area contributed by atoms with E-state index in [1.165, 1.54) is 18.4 Å². The second-order valence-electron chi connectivity index (χ2n) is 5.78. The summed E-state index contributed by atoms with van der Waals surface area (Å²) in [6, 6.07) is 7.20. The maximum atomic E-state index is 12.7. The van der Waals surface area contributed by atoms with Gasteiger partial charge in [-0.1, -0.05) is 12.1 Å². The fourth-order valence-electron chi connectivity index (χ4n) is 2.65. The van der Waals surface area contributed by atoms with Crippen LogP contribution in [0.1, 0.15) is 27.7 Å². The number of hydrogen-bond donors (Lipinski definition) is 1. The third-order valence-corrected chi connectivity index (χ3v) is 5.23. The van der Waals surface area contributed by atoms with Crippen LogP contribution >= 0.6 is 11.3 Å². The molecule has 132 valence electrons. The molecular formula is C18H19NO5S. The van der Waals surface area contributed by atoms with Crippen LogP contribution in [0.25, 0.3) is 0 Å². The Morgan fingerprint density at radius 2 is 1.80 bits per heavy atom. The largest absolute Gasteiger partial charge is 0.482 e. The van der Waals surface area contributed by atoms with Gasteiger partial charge < -0.3 is 19.5 Å². The number of thiophene rings is 1. The second-order valence-corrected chi connectivity index (χ2v) is 7.00. The molecule has 1 amide bonds. The van der Waals surface area contributed by atoms with E-state index in [0.717, 1.165) is 10.4 Å². The Kier molecular flexibility index (Phi) is 4.67. The maximum absolute atomic E-state index is 12.7. The van der Waals surface area contributed by atoms with Gasteiger partial charge in [0.1, 0.15) is 11.1 Å². The molecule has 1 N–H and O–H groups in total. The monoisotopic (exact) mass is 361 g/mol. The van der Waals surface area contributed by atoms with Crippen LogP contribution in [0.4, 0.5) is 5.00 Å². The molecule has 0 spiro atoms. The lowest BCUT2D eigenvalue weighted by Gasteiger charge is -2.30. The van der Waals surface area contributed by atoms with Crippen molar-refractivity contribution in [3.8, 4) is 11.5 Å². The molecule has 0 fully saturated rings. The van der Waals surface area contributed by atoms with E-state index in [9.17, 15) is 9.59 Å². The van der Waals surface area contributed by atoms with Crippen LogP contribution in [0.15, 0.2) is 24.3 Å².